The SMILES string of the molecule is CCCCOC(=O)C(C)(C)NC(=O)C(C)CSC. The van der Waals surface area contributed by atoms with Gasteiger partial charge in [-0.15, -0.1) is 0 Å². The molecule has 106 valence electrons. The quantitative estimate of drug-likeness (QED) is 0.545. The Hall–Kier alpha value is -0.710. The highest BCUT2D eigenvalue weighted by atomic mass is 32.2. The van der Waals surface area contributed by atoms with Gasteiger partial charge in [-0.3, -0.25) is 4.79 Å². The largest absolute Gasteiger partial charge is 0.464 e. The van der Waals surface area contributed by atoms with Gasteiger partial charge < -0.3 is 10.1 Å². The van der Waals surface area contributed by atoms with Crippen LogP contribution in [0.1, 0.15) is 40.5 Å². The molecule has 0 aliphatic carbocycles. The second kappa shape index (κ2) is 8.40. The molecule has 0 aliphatic heterocycles. The van der Waals surface area contributed by atoms with Gasteiger partial charge in [-0.2, -0.15) is 11.8 Å². The summed E-state index contributed by atoms with van der Waals surface area (Å²) < 4.78 is 5.13. The number of carbonyl (C=O) groups excluding carboxylic acids is 2. The highest BCUT2D eigenvalue weighted by Gasteiger charge is 2.32. The van der Waals surface area contributed by atoms with E-state index in [0.717, 1.165) is 18.6 Å². The number of esters is 1. The molecule has 0 aliphatic rings. The van der Waals surface area contributed by atoms with Crippen molar-refractivity contribution in [2.45, 2.75) is 46.1 Å². The zero-order valence-electron chi connectivity index (χ0n) is 12.0. The van der Waals surface area contributed by atoms with Crippen LogP contribution in [0.2, 0.25) is 0 Å². The minimum atomic E-state index is -0.961. The van der Waals surface area contributed by atoms with E-state index in [1.54, 1.807) is 25.6 Å². The van der Waals surface area contributed by atoms with Gasteiger partial charge in [0, 0.05) is 11.7 Å². The Labute approximate surface area is 114 Å². The molecule has 1 unspecified atom stereocenters. The number of amides is 1. The summed E-state index contributed by atoms with van der Waals surface area (Å²) in [6, 6.07) is 0. The maximum absolute atomic E-state index is 11.9. The molecule has 0 radical (unpaired) electrons. The van der Waals surface area contributed by atoms with E-state index < -0.39 is 5.54 Å². The van der Waals surface area contributed by atoms with Gasteiger partial charge in [-0.05, 0) is 26.5 Å². The average Bonchev–Trinajstić information content (AvgIpc) is 2.28. The van der Waals surface area contributed by atoms with Gasteiger partial charge in [0.2, 0.25) is 5.91 Å². The van der Waals surface area contributed by atoms with Crippen molar-refractivity contribution in [1.82, 2.24) is 5.32 Å². The van der Waals surface area contributed by atoms with Crippen LogP contribution >= 0.6 is 11.8 Å². The molecule has 0 aromatic heterocycles. The minimum Gasteiger partial charge on any atom is -0.464 e. The predicted molar refractivity (Wildman–Crippen MR) is 75.6 cm³/mol. The van der Waals surface area contributed by atoms with Crippen molar-refractivity contribution in [2.75, 3.05) is 18.6 Å². The van der Waals surface area contributed by atoms with Gasteiger partial charge in [0.15, 0.2) is 0 Å². The Morgan fingerprint density at radius 1 is 1.39 bits per heavy atom. The van der Waals surface area contributed by atoms with Crippen LogP contribution in [0.5, 0.6) is 0 Å². The first-order valence-corrected chi connectivity index (χ1v) is 7.72. The summed E-state index contributed by atoms with van der Waals surface area (Å²) in [7, 11) is 0. The predicted octanol–water partition coefficient (Wildman–Crippen LogP) is 2.22. The van der Waals surface area contributed by atoms with Gasteiger partial charge in [0.1, 0.15) is 5.54 Å². The van der Waals surface area contributed by atoms with E-state index in [9.17, 15) is 9.59 Å². The fourth-order valence-electron chi connectivity index (χ4n) is 1.30. The molecule has 1 amide bonds. The Bertz CT molecular complexity index is 279. The van der Waals surface area contributed by atoms with E-state index in [1.807, 2.05) is 20.1 Å². The van der Waals surface area contributed by atoms with Crippen LogP contribution in [0, 0.1) is 5.92 Å². The van der Waals surface area contributed by atoms with Crippen LogP contribution in [-0.2, 0) is 14.3 Å². The lowest BCUT2D eigenvalue weighted by atomic mass is 10.0. The summed E-state index contributed by atoms with van der Waals surface area (Å²) in [4.78, 5) is 23.7. The van der Waals surface area contributed by atoms with Crippen LogP contribution in [0.4, 0.5) is 0 Å². The topological polar surface area (TPSA) is 55.4 Å². The van der Waals surface area contributed by atoms with Crippen molar-refractivity contribution in [3.8, 4) is 0 Å². The normalized spacial score (nSPS) is 12.9. The number of carbonyl (C=O) groups is 2. The van der Waals surface area contributed by atoms with Crippen molar-refractivity contribution in [1.29, 1.82) is 0 Å². The number of ether oxygens (including phenoxy) is 1. The highest BCUT2D eigenvalue weighted by Crippen LogP contribution is 2.10. The maximum Gasteiger partial charge on any atom is 0.331 e. The van der Waals surface area contributed by atoms with Crippen molar-refractivity contribution >= 4 is 23.6 Å². The fraction of sp³-hybridized carbons (Fsp3) is 0.846. The smallest absolute Gasteiger partial charge is 0.331 e. The van der Waals surface area contributed by atoms with Crippen molar-refractivity contribution in [2.24, 2.45) is 5.92 Å². The summed E-state index contributed by atoms with van der Waals surface area (Å²) >= 11 is 1.61. The molecule has 0 rings (SSSR count). The molecule has 0 saturated carbocycles. The maximum atomic E-state index is 11.9. The van der Waals surface area contributed by atoms with Crippen LogP contribution in [0.25, 0.3) is 0 Å². The second-order valence-electron chi connectivity index (χ2n) is 4.96. The number of rotatable bonds is 8. The van der Waals surface area contributed by atoms with Crippen LogP contribution in [-0.4, -0.2) is 36.0 Å². The molecular weight excluding hydrogens is 250 g/mol. The third-order valence-corrected chi connectivity index (χ3v) is 3.37. The first-order valence-electron chi connectivity index (χ1n) is 6.33. The van der Waals surface area contributed by atoms with E-state index >= 15 is 0 Å². The first-order chi connectivity index (χ1) is 8.35. The molecule has 0 aromatic rings. The number of nitrogens with one attached hydrogen (secondary N) is 1. The molecule has 18 heavy (non-hydrogen) atoms. The molecular formula is C13H25NO3S. The summed E-state index contributed by atoms with van der Waals surface area (Å²) in [6.45, 7) is 7.64. The zero-order valence-corrected chi connectivity index (χ0v) is 12.9. The van der Waals surface area contributed by atoms with Gasteiger partial charge in [0.25, 0.3) is 0 Å². The molecule has 0 fully saturated rings. The van der Waals surface area contributed by atoms with E-state index in [4.69, 9.17) is 4.74 Å². The van der Waals surface area contributed by atoms with Crippen molar-refractivity contribution in [3.05, 3.63) is 0 Å². The molecule has 0 aromatic carbocycles. The lowest BCUT2D eigenvalue weighted by molar-refractivity contribution is -0.152. The van der Waals surface area contributed by atoms with Crippen LogP contribution in [0.15, 0.2) is 0 Å². The number of hydrogen-bond donors (Lipinski definition) is 1. The number of hydrogen-bond acceptors (Lipinski definition) is 4. The molecule has 0 bridgehead atoms. The van der Waals surface area contributed by atoms with Gasteiger partial charge in [-0.1, -0.05) is 20.3 Å². The van der Waals surface area contributed by atoms with E-state index in [1.165, 1.54) is 0 Å². The highest BCUT2D eigenvalue weighted by molar-refractivity contribution is 7.98. The molecule has 0 spiro atoms. The summed E-state index contributed by atoms with van der Waals surface area (Å²) in [5.41, 5.74) is -0.961. The molecule has 4 nitrogen and oxygen atoms in total. The van der Waals surface area contributed by atoms with Crippen LogP contribution in [0.3, 0.4) is 0 Å². The molecule has 1 atom stereocenters. The summed E-state index contributed by atoms with van der Waals surface area (Å²) in [5, 5.41) is 2.74. The van der Waals surface area contributed by atoms with E-state index in [2.05, 4.69) is 5.32 Å². The Morgan fingerprint density at radius 2 is 2.00 bits per heavy atom. The Morgan fingerprint density at radius 3 is 2.50 bits per heavy atom. The average molecular weight is 275 g/mol. The summed E-state index contributed by atoms with van der Waals surface area (Å²) in [5.74, 6) is 0.150. The third kappa shape index (κ3) is 6.28. The van der Waals surface area contributed by atoms with Gasteiger partial charge >= 0.3 is 5.97 Å². The standard InChI is InChI=1S/C13H25NO3S/c1-6-7-8-17-12(16)13(3,4)14-11(15)10(2)9-18-5/h10H,6-9H2,1-5H3,(H,14,15). The fourth-order valence-corrected chi connectivity index (χ4v) is 1.95. The molecule has 0 saturated heterocycles. The monoisotopic (exact) mass is 275 g/mol. The Kier molecular flexibility index (Phi) is 8.07. The van der Waals surface area contributed by atoms with Crippen LogP contribution < -0.4 is 5.32 Å². The second-order valence-corrected chi connectivity index (χ2v) is 5.87. The molecule has 0 heterocycles. The molecule has 5 heteroatoms. The Balaban J connectivity index is 4.27. The minimum absolute atomic E-state index is 0.109. The lowest BCUT2D eigenvalue weighted by Crippen LogP contribution is -2.52. The van der Waals surface area contributed by atoms with Crippen molar-refractivity contribution < 1.29 is 14.3 Å². The van der Waals surface area contributed by atoms with E-state index in [-0.39, 0.29) is 17.8 Å². The third-order valence-electron chi connectivity index (χ3n) is 2.54. The van der Waals surface area contributed by atoms with Gasteiger partial charge in [0.05, 0.1) is 6.61 Å². The van der Waals surface area contributed by atoms with Crippen molar-refractivity contribution in [3.63, 3.8) is 0 Å². The lowest BCUT2D eigenvalue weighted by Gasteiger charge is -2.25. The summed E-state index contributed by atoms with van der Waals surface area (Å²) in [6.07, 6.45) is 3.78. The zero-order chi connectivity index (χ0) is 14.2. The number of unbranched alkanes of at least 4 members (excludes halogenated alkanes) is 1. The number of thioether (sulfide) groups is 1. The first kappa shape index (κ1) is 17.3. The van der Waals surface area contributed by atoms with Gasteiger partial charge in [-0.25, -0.2) is 4.79 Å². The van der Waals surface area contributed by atoms with E-state index in [0.29, 0.717) is 6.61 Å². The molecule has 1 N–H and O–H groups in total.